The van der Waals surface area contributed by atoms with Gasteiger partial charge in [0.05, 0.1) is 12.0 Å². The number of rotatable bonds is 1. The molecule has 0 N–H and O–H groups in total. The quantitative estimate of drug-likeness (QED) is 0.726. The molecule has 1 aliphatic rings. The minimum absolute atomic E-state index is 0.0695. The van der Waals surface area contributed by atoms with E-state index >= 15 is 0 Å². The van der Waals surface area contributed by atoms with Crippen LogP contribution in [0, 0.1) is 25.7 Å². The molecule has 2 rings (SSSR count). The number of hydrogen-bond acceptors (Lipinski definition) is 2. The van der Waals surface area contributed by atoms with Gasteiger partial charge in [0.25, 0.3) is 11.5 Å². The van der Waals surface area contributed by atoms with Gasteiger partial charge in [0.1, 0.15) is 0 Å². The van der Waals surface area contributed by atoms with Crippen molar-refractivity contribution >= 4 is 5.91 Å². The first-order chi connectivity index (χ1) is 7.37. The van der Waals surface area contributed by atoms with Crippen LogP contribution in [-0.2, 0) is 0 Å². The van der Waals surface area contributed by atoms with Crippen LogP contribution in [0.1, 0.15) is 42.9 Å². The number of nitrogens with zero attached hydrogens (tertiary/aromatic N) is 2. The number of fused-ring (bicyclic) bond motifs is 1. The Morgan fingerprint density at radius 3 is 2.25 bits per heavy atom. The third-order valence-corrected chi connectivity index (χ3v) is 3.69. The Bertz CT molecular complexity index is 508. The van der Waals surface area contributed by atoms with Crippen molar-refractivity contribution in [2.75, 3.05) is 0 Å². The highest BCUT2D eigenvalue weighted by atomic mass is 16.2. The minimum Gasteiger partial charge on any atom is -0.275 e. The van der Waals surface area contributed by atoms with E-state index in [0.29, 0.717) is 11.5 Å². The fourth-order valence-corrected chi connectivity index (χ4v) is 2.71. The van der Waals surface area contributed by atoms with Crippen molar-refractivity contribution in [3.05, 3.63) is 21.6 Å². The van der Waals surface area contributed by atoms with Gasteiger partial charge in [-0.15, -0.1) is 0 Å². The smallest absolute Gasteiger partial charge is 0.275 e. The van der Waals surface area contributed by atoms with Crippen molar-refractivity contribution in [1.82, 2.24) is 9.36 Å². The molecule has 2 atom stereocenters. The lowest BCUT2D eigenvalue weighted by Gasteiger charge is -2.21. The fourth-order valence-electron chi connectivity index (χ4n) is 2.71. The summed E-state index contributed by atoms with van der Waals surface area (Å²) in [6, 6.07) is 0.105. The van der Waals surface area contributed by atoms with E-state index in [1.807, 2.05) is 18.5 Å². The van der Waals surface area contributed by atoms with Gasteiger partial charge >= 0.3 is 0 Å². The zero-order valence-electron chi connectivity index (χ0n) is 10.4. The Kier molecular flexibility index (Phi) is 2.33. The maximum atomic E-state index is 12.0. The van der Waals surface area contributed by atoms with Crippen LogP contribution in [0.5, 0.6) is 0 Å². The molecule has 2 unspecified atom stereocenters. The van der Waals surface area contributed by atoms with Gasteiger partial charge in [-0.2, -0.15) is 4.68 Å². The lowest BCUT2D eigenvalue weighted by molar-refractivity contribution is 0.0853. The summed E-state index contributed by atoms with van der Waals surface area (Å²) >= 11 is 0. The maximum absolute atomic E-state index is 12.0. The largest absolute Gasteiger partial charge is 0.277 e. The molecule has 0 bridgehead atoms. The third kappa shape index (κ3) is 1.16. The Hall–Kier alpha value is -1.32. The van der Waals surface area contributed by atoms with E-state index in [9.17, 15) is 9.59 Å². The first-order valence-electron chi connectivity index (χ1n) is 5.72. The van der Waals surface area contributed by atoms with E-state index in [0.717, 1.165) is 5.69 Å². The lowest BCUT2D eigenvalue weighted by atomic mass is 9.92. The molecule has 4 nitrogen and oxygen atoms in total. The van der Waals surface area contributed by atoms with Crippen LogP contribution >= 0.6 is 0 Å². The van der Waals surface area contributed by atoms with Crippen LogP contribution in [0.15, 0.2) is 4.79 Å². The van der Waals surface area contributed by atoms with Gasteiger partial charge in [0, 0.05) is 11.3 Å². The van der Waals surface area contributed by atoms with Gasteiger partial charge < -0.3 is 0 Å². The molecular weight excluding hydrogens is 204 g/mol. The zero-order chi connectivity index (χ0) is 12.2. The van der Waals surface area contributed by atoms with Crippen molar-refractivity contribution in [3.63, 3.8) is 0 Å². The number of aromatic nitrogens is 2. The zero-order valence-corrected chi connectivity index (χ0v) is 10.4. The Morgan fingerprint density at radius 1 is 1.19 bits per heavy atom. The third-order valence-electron chi connectivity index (χ3n) is 3.69. The van der Waals surface area contributed by atoms with Gasteiger partial charge in [-0.1, -0.05) is 20.8 Å². The molecule has 1 aromatic heterocycles. The average Bonchev–Trinajstić information content (AvgIpc) is 2.59. The molecule has 4 heteroatoms. The predicted octanol–water partition coefficient (Wildman–Crippen LogP) is 1.75. The molecular formula is C12H18N2O2. The average molecular weight is 222 g/mol. The summed E-state index contributed by atoms with van der Waals surface area (Å²) in [5.74, 6) is 0.171. The van der Waals surface area contributed by atoms with E-state index in [1.54, 1.807) is 6.92 Å². The molecule has 0 radical (unpaired) electrons. The van der Waals surface area contributed by atoms with Crippen molar-refractivity contribution in [2.45, 2.75) is 40.7 Å². The second-order valence-electron chi connectivity index (χ2n) is 5.03. The molecule has 0 fully saturated rings. The first kappa shape index (κ1) is 11.2. The second kappa shape index (κ2) is 3.34. The van der Waals surface area contributed by atoms with Crippen LogP contribution in [0.3, 0.4) is 0 Å². The Morgan fingerprint density at radius 2 is 1.75 bits per heavy atom. The molecule has 0 aliphatic carbocycles. The van der Waals surface area contributed by atoms with Gasteiger partial charge in [0.15, 0.2) is 0 Å². The SMILES string of the molecule is Cc1c(C)n2n(c1=O)C(=O)C(C)C2C(C)C. The van der Waals surface area contributed by atoms with Crippen LogP contribution in [0.2, 0.25) is 0 Å². The molecule has 2 heterocycles. The Balaban J connectivity index is 2.75. The van der Waals surface area contributed by atoms with E-state index in [4.69, 9.17) is 0 Å². The molecule has 88 valence electrons. The van der Waals surface area contributed by atoms with Crippen molar-refractivity contribution in [2.24, 2.45) is 11.8 Å². The summed E-state index contributed by atoms with van der Waals surface area (Å²) in [6.45, 7) is 9.77. The lowest BCUT2D eigenvalue weighted by Crippen LogP contribution is -2.25. The van der Waals surface area contributed by atoms with Gasteiger partial charge in [-0.3, -0.25) is 14.3 Å². The summed E-state index contributed by atoms with van der Waals surface area (Å²) in [4.78, 5) is 24.0. The van der Waals surface area contributed by atoms with E-state index in [1.165, 1.54) is 4.68 Å². The maximum Gasteiger partial charge on any atom is 0.277 e. The molecule has 16 heavy (non-hydrogen) atoms. The summed E-state index contributed by atoms with van der Waals surface area (Å²) in [5.41, 5.74) is 1.45. The predicted molar refractivity (Wildman–Crippen MR) is 61.8 cm³/mol. The van der Waals surface area contributed by atoms with E-state index < -0.39 is 0 Å². The number of carbonyl (C=O) groups excluding carboxylic acids is 1. The van der Waals surface area contributed by atoms with Crippen LogP contribution in [0.25, 0.3) is 0 Å². The van der Waals surface area contributed by atoms with Crippen molar-refractivity contribution in [1.29, 1.82) is 0 Å². The van der Waals surface area contributed by atoms with Crippen LogP contribution in [0.4, 0.5) is 0 Å². The standard InChI is InChI=1S/C12H18N2O2/c1-6(2)10-8(4)12(16)14-11(15)7(3)9(5)13(10)14/h6,8,10H,1-5H3. The molecule has 0 aromatic carbocycles. The van der Waals surface area contributed by atoms with Gasteiger partial charge in [0.2, 0.25) is 0 Å². The Labute approximate surface area is 94.9 Å². The molecule has 0 amide bonds. The van der Waals surface area contributed by atoms with Gasteiger partial charge in [-0.05, 0) is 19.8 Å². The van der Waals surface area contributed by atoms with Crippen molar-refractivity contribution < 1.29 is 4.79 Å². The van der Waals surface area contributed by atoms with Crippen LogP contribution in [-0.4, -0.2) is 15.3 Å². The summed E-state index contributed by atoms with van der Waals surface area (Å²) in [6.07, 6.45) is 0. The monoisotopic (exact) mass is 222 g/mol. The number of hydrogen-bond donors (Lipinski definition) is 0. The first-order valence-corrected chi connectivity index (χ1v) is 5.72. The second-order valence-corrected chi connectivity index (χ2v) is 5.03. The number of carbonyl (C=O) groups is 1. The van der Waals surface area contributed by atoms with Crippen molar-refractivity contribution in [3.8, 4) is 0 Å². The topological polar surface area (TPSA) is 44.0 Å². The molecule has 0 saturated carbocycles. The molecule has 0 saturated heterocycles. The summed E-state index contributed by atoms with van der Waals surface area (Å²) < 4.78 is 3.20. The molecule has 1 aliphatic heterocycles. The highest BCUT2D eigenvalue weighted by Gasteiger charge is 2.40. The summed E-state index contributed by atoms with van der Waals surface area (Å²) in [5, 5.41) is 0. The van der Waals surface area contributed by atoms with Gasteiger partial charge in [-0.25, -0.2) is 0 Å². The molecule has 1 aromatic rings. The molecule has 0 spiro atoms. The fraction of sp³-hybridized carbons (Fsp3) is 0.667. The highest BCUT2D eigenvalue weighted by molar-refractivity contribution is 5.83. The summed E-state index contributed by atoms with van der Waals surface area (Å²) in [7, 11) is 0. The highest BCUT2D eigenvalue weighted by Crippen LogP contribution is 2.34. The normalized spacial score (nSPS) is 24.2. The minimum atomic E-state index is -0.155. The van der Waals surface area contributed by atoms with Crippen LogP contribution < -0.4 is 5.56 Å². The van der Waals surface area contributed by atoms with E-state index in [-0.39, 0.29) is 23.4 Å². The van der Waals surface area contributed by atoms with E-state index in [2.05, 4.69) is 13.8 Å².